The van der Waals surface area contributed by atoms with Crippen LogP contribution in [0.3, 0.4) is 0 Å². The molecule has 1 N–H and O–H groups in total. The Kier molecular flexibility index (Phi) is 3.44. The van der Waals surface area contributed by atoms with Gasteiger partial charge in [0.1, 0.15) is 21.7 Å². The molecule has 2 heterocycles. The molecule has 0 saturated carbocycles. The van der Waals surface area contributed by atoms with E-state index in [2.05, 4.69) is 10.2 Å². The molecule has 0 spiro atoms. The van der Waals surface area contributed by atoms with Crippen molar-refractivity contribution in [2.45, 2.75) is 0 Å². The van der Waals surface area contributed by atoms with Gasteiger partial charge in [-0.3, -0.25) is 0 Å². The number of methoxy groups -OCH3 is 2. The van der Waals surface area contributed by atoms with Crippen molar-refractivity contribution >= 4 is 26.7 Å². The number of ether oxygens (including phenoxy) is 2. The number of aromatic nitrogens is 1. The zero-order valence-corrected chi connectivity index (χ0v) is 11.9. The van der Waals surface area contributed by atoms with Gasteiger partial charge in [-0.2, -0.15) is 0 Å². The number of fused-ring (bicyclic) bond motifs is 1. The van der Waals surface area contributed by atoms with Crippen molar-refractivity contribution in [1.82, 2.24) is 10.3 Å². The molecule has 0 aliphatic carbocycles. The first-order valence-corrected chi connectivity index (χ1v) is 7.12. The summed E-state index contributed by atoms with van der Waals surface area (Å²) in [5.41, 5.74) is 0.889. The van der Waals surface area contributed by atoms with E-state index in [1.807, 2.05) is 12.1 Å². The highest BCUT2D eigenvalue weighted by atomic mass is 32.1. The third kappa shape index (κ3) is 2.21. The number of anilines is 1. The SMILES string of the molecule is COc1ccc(OC)c2sc(N3CCNCC3)nc12. The Morgan fingerprint density at radius 3 is 2.53 bits per heavy atom. The molecule has 1 aliphatic rings. The van der Waals surface area contributed by atoms with E-state index >= 15 is 0 Å². The van der Waals surface area contributed by atoms with Crippen LogP contribution < -0.4 is 19.7 Å². The molecule has 19 heavy (non-hydrogen) atoms. The summed E-state index contributed by atoms with van der Waals surface area (Å²) in [6.45, 7) is 3.99. The lowest BCUT2D eigenvalue weighted by atomic mass is 10.3. The lowest BCUT2D eigenvalue weighted by Crippen LogP contribution is -2.43. The zero-order chi connectivity index (χ0) is 13.2. The van der Waals surface area contributed by atoms with Gasteiger partial charge in [-0.05, 0) is 12.1 Å². The van der Waals surface area contributed by atoms with Crippen LogP contribution in [0.1, 0.15) is 0 Å². The predicted octanol–water partition coefficient (Wildman–Crippen LogP) is 1.72. The molecule has 1 aromatic carbocycles. The van der Waals surface area contributed by atoms with E-state index in [-0.39, 0.29) is 0 Å². The first kappa shape index (κ1) is 12.5. The van der Waals surface area contributed by atoms with Gasteiger partial charge in [-0.1, -0.05) is 11.3 Å². The van der Waals surface area contributed by atoms with Crippen molar-refractivity contribution < 1.29 is 9.47 Å². The molecule has 1 saturated heterocycles. The average molecular weight is 279 g/mol. The standard InChI is InChI=1S/C13H17N3O2S/c1-17-9-3-4-10(18-2)12-11(9)15-13(19-12)16-7-5-14-6-8-16/h3-4,14H,5-8H2,1-2H3. The predicted molar refractivity (Wildman–Crippen MR) is 77.8 cm³/mol. The molecular formula is C13H17N3O2S. The van der Waals surface area contributed by atoms with Gasteiger partial charge < -0.3 is 19.7 Å². The highest BCUT2D eigenvalue weighted by Gasteiger charge is 2.18. The van der Waals surface area contributed by atoms with E-state index < -0.39 is 0 Å². The first-order valence-electron chi connectivity index (χ1n) is 6.30. The van der Waals surface area contributed by atoms with Crippen molar-refractivity contribution in [3.8, 4) is 11.5 Å². The topological polar surface area (TPSA) is 46.6 Å². The van der Waals surface area contributed by atoms with Gasteiger partial charge in [0.15, 0.2) is 5.13 Å². The van der Waals surface area contributed by atoms with Crippen LogP contribution in [-0.4, -0.2) is 45.4 Å². The zero-order valence-electron chi connectivity index (χ0n) is 11.1. The molecule has 1 aliphatic heterocycles. The van der Waals surface area contributed by atoms with Gasteiger partial charge >= 0.3 is 0 Å². The summed E-state index contributed by atoms with van der Waals surface area (Å²) in [4.78, 5) is 7.03. The normalized spacial score (nSPS) is 15.8. The van der Waals surface area contributed by atoms with E-state index in [4.69, 9.17) is 14.5 Å². The highest BCUT2D eigenvalue weighted by Crippen LogP contribution is 2.39. The molecule has 0 unspecified atom stereocenters. The van der Waals surface area contributed by atoms with Crippen LogP contribution in [0.15, 0.2) is 12.1 Å². The number of hydrogen-bond acceptors (Lipinski definition) is 6. The Bertz CT molecular complexity index is 538. The van der Waals surface area contributed by atoms with Gasteiger partial charge in [-0.25, -0.2) is 4.98 Å². The Labute approximate surface area is 116 Å². The average Bonchev–Trinajstić information content (AvgIpc) is 2.92. The maximum Gasteiger partial charge on any atom is 0.186 e. The molecule has 0 bridgehead atoms. The molecule has 6 heteroatoms. The van der Waals surface area contributed by atoms with Crippen LogP contribution in [0.2, 0.25) is 0 Å². The molecule has 2 aromatic rings. The fourth-order valence-corrected chi connectivity index (χ4v) is 3.39. The fraction of sp³-hybridized carbons (Fsp3) is 0.462. The number of piperazine rings is 1. The van der Waals surface area contributed by atoms with E-state index in [1.165, 1.54) is 0 Å². The van der Waals surface area contributed by atoms with Crippen LogP contribution in [0.25, 0.3) is 10.2 Å². The van der Waals surface area contributed by atoms with Crippen LogP contribution in [0.4, 0.5) is 5.13 Å². The second-order valence-corrected chi connectivity index (χ2v) is 5.36. The molecule has 3 rings (SSSR count). The van der Waals surface area contributed by atoms with Crippen LogP contribution in [0, 0.1) is 0 Å². The molecule has 102 valence electrons. The minimum absolute atomic E-state index is 0.799. The smallest absolute Gasteiger partial charge is 0.186 e. The number of nitrogens with one attached hydrogen (secondary N) is 1. The van der Waals surface area contributed by atoms with Gasteiger partial charge in [0.2, 0.25) is 0 Å². The van der Waals surface area contributed by atoms with E-state index in [0.717, 1.165) is 53.0 Å². The quantitative estimate of drug-likeness (QED) is 0.927. The van der Waals surface area contributed by atoms with E-state index in [9.17, 15) is 0 Å². The van der Waals surface area contributed by atoms with E-state index in [1.54, 1.807) is 25.6 Å². The molecule has 0 radical (unpaired) electrons. The number of thiazole rings is 1. The molecular weight excluding hydrogens is 262 g/mol. The summed E-state index contributed by atoms with van der Waals surface area (Å²) in [5.74, 6) is 1.66. The number of benzene rings is 1. The van der Waals surface area contributed by atoms with Crippen LogP contribution in [-0.2, 0) is 0 Å². The monoisotopic (exact) mass is 279 g/mol. The second kappa shape index (κ2) is 5.22. The number of nitrogens with zero attached hydrogens (tertiary/aromatic N) is 2. The maximum absolute atomic E-state index is 5.41. The van der Waals surface area contributed by atoms with E-state index in [0.29, 0.717) is 0 Å². The van der Waals surface area contributed by atoms with Crippen molar-refractivity contribution in [3.63, 3.8) is 0 Å². The lowest BCUT2D eigenvalue weighted by Gasteiger charge is -2.26. The Balaban J connectivity index is 2.07. The van der Waals surface area contributed by atoms with Crippen molar-refractivity contribution in [2.24, 2.45) is 0 Å². The Morgan fingerprint density at radius 1 is 1.16 bits per heavy atom. The van der Waals surface area contributed by atoms with Crippen molar-refractivity contribution in [1.29, 1.82) is 0 Å². The van der Waals surface area contributed by atoms with Crippen LogP contribution >= 0.6 is 11.3 Å². The minimum atomic E-state index is 0.799. The third-order valence-electron chi connectivity index (χ3n) is 3.29. The van der Waals surface area contributed by atoms with Gasteiger partial charge in [0.05, 0.1) is 14.2 Å². The number of hydrogen-bond donors (Lipinski definition) is 1. The van der Waals surface area contributed by atoms with Crippen LogP contribution in [0.5, 0.6) is 11.5 Å². The summed E-state index contributed by atoms with van der Waals surface area (Å²) < 4.78 is 11.8. The summed E-state index contributed by atoms with van der Waals surface area (Å²) >= 11 is 1.67. The summed E-state index contributed by atoms with van der Waals surface area (Å²) in [6, 6.07) is 3.84. The molecule has 5 nitrogen and oxygen atoms in total. The lowest BCUT2D eigenvalue weighted by molar-refractivity contribution is 0.410. The first-order chi connectivity index (χ1) is 9.33. The summed E-state index contributed by atoms with van der Waals surface area (Å²) in [7, 11) is 3.36. The maximum atomic E-state index is 5.41. The van der Waals surface area contributed by atoms with Gasteiger partial charge in [0.25, 0.3) is 0 Å². The second-order valence-electron chi connectivity index (χ2n) is 4.38. The third-order valence-corrected chi connectivity index (χ3v) is 4.42. The highest BCUT2D eigenvalue weighted by molar-refractivity contribution is 7.22. The number of rotatable bonds is 3. The minimum Gasteiger partial charge on any atom is -0.495 e. The largest absolute Gasteiger partial charge is 0.495 e. The fourth-order valence-electron chi connectivity index (χ4n) is 2.27. The van der Waals surface area contributed by atoms with Crippen molar-refractivity contribution in [2.75, 3.05) is 45.3 Å². The molecule has 0 atom stereocenters. The van der Waals surface area contributed by atoms with Crippen molar-refractivity contribution in [3.05, 3.63) is 12.1 Å². The Morgan fingerprint density at radius 2 is 1.84 bits per heavy atom. The molecule has 1 aromatic heterocycles. The van der Waals surface area contributed by atoms with Gasteiger partial charge in [0, 0.05) is 26.2 Å². The molecule has 1 fully saturated rings. The molecule has 0 amide bonds. The van der Waals surface area contributed by atoms with Gasteiger partial charge in [-0.15, -0.1) is 0 Å². The summed E-state index contributed by atoms with van der Waals surface area (Å²) in [6.07, 6.45) is 0. The summed E-state index contributed by atoms with van der Waals surface area (Å²) in [5, 5.41) is 4.39. The Hall–Kier alpha value is -1.53.